The van der Waals surface area contributed by atoms with Crippen LogP contribution < -0.4 is 0 Å². The van der Waals surface area contributed by atoms with E-state index in [9.17, 15) is 8.42 Å². The highest BCUT2D eigenvalue weighted by Crippen LogP contribution is 2.49. The molecule has 4 rings (SSSR count). The molecule has 0 aliphatic carbocycles. The van der Waals surface area contributed by atoms with Gasteiger partial charge in [-0.2, -0.15) is 0 Å². The molecule has 0 N–H and O–H groups in total. The second-order valence-corrected chi connectivity index (χ2v) is 13.0. The molecule has 0 heterocycles. The molecule has 5 heteroatoms. The summed E-state index contributed by atoms with van der Waals surface area (Å²) in [6.45, 7) is 2.28. The van der Waals surface area contributed by atoms with Crippen LogP contribution in [0.25, 0.3) is 0 Å². The highest BCUT2D eigenvalue weighted by atomic mass is 32.2. The van der Waals surface area contributed by atoms with Crippen molar-refractivity contribution < 1.29 is 13.2 Å². The molecule has 0 fully saturated rings. The molecule has 0 spiro atoms. The molecule has 0 aliphatic rings. The van der Waals surface area contributed by atoms with Crippen LogP contribution in [0.4, 0.5) is 0 Å². The van der Waals surface area contributed by atoms with Crippen LogP contribution in [0.5, 0.6) is 0 Å². The molecule has 4 aromatic rings. The van der Waals surface area contributed by atoms with Crippen LogP contribution in [0, 0.1) is 0 Å². The molecule has 4 aromatic carbocycles. The van der Waals surface area contributed by atoms with E-state index >= 15 is 0 Å². The number of hydrogen-bond acceptors (Lipinski definition) is 4. The van der Waals surface area contributed by atoms with Crippen molar-refractivity contribution in [3.8, 4) is 0 Å². The summed E-state index contributed by atoms with van der Waals surface area (Å²) in [5.41, 5.74) is 4.34. The second kappa shape index (κ2) is 11.5. The van der Waals surface area contributed by atoms with Crippen molar-refractivity contribution in [1.82, 2.24) is 0 Å². The molecule has 0 unspecified atom stereocenters. The van der Waals surface area contributed by atoms with E-state index in [1.165, 1.54) is 6.26 Å². The van der Waals surface area contributed by atoms with Crippen molar-refractivity contribution in [3.05, 3.63) is 144 Å². The first kappa shape index (κ1) is 26.2. The molecule has 1 atom stereocenters. The molecule has 186 valence electrons. The lowest BCUT2D eigenvalue weighted by atomic mass is 9.84. The fourth-order valence-corrected chi connectivity index (χ4v) is 7.09. The second-order valence-electron chi connectivity index (χ2n) is 9.27. The Morgan fingerprint density at radius 1 is 0.667 bits per heavy atom. The molecule has 0 saturated carbocycles. The van der Waals surface area contributed by atoms with Crippen molar-refractivity contribution in [2.75, 3.05) is 18.6 Å². The predicted octanol–water partition coefficient (Wildman–Crippen LogP) is 6.73. The first-order valence-electron chi connectivity index (χ1n) is 12.0. The normalized spacial score (nSPS) is 13.7. The molecule has 0 radical (unpaired) electrons. The average Bonchev–Trinajstić information content (AvgIpc) is 2.91. The van der Waals surface area contributed by atoms with Crippen LogP contribution in [0.1, 0.15) is 29.2 Å². The zero-order valence-corrected chi connectivity index (χ0v) is 22.3. The van der Waals surface area contributed by atoms with Crippen LogP contribution >= 0.6 is 11.8 Å². The summed E-state index contributed by atoms with van der Waals surface area (Å²) in [7, 11) is -3.43. The third-order valence-electron chi connectivity index (χ3n) is 6.55. The minimum Gasteiger partial charge on any atom is -0.375 e. The number of sulfone groups is 1. The Hall–Kier alpha value is -2.86. The molecular weight excluding hydrogens is 484 g/mol. The van der Waals surface area contributed by atoms with Crippen LogP contribution in [0.3, 0.4) is 0 Å². The van der Waals surface area contributed by atoms with Crippen molar-refractivity contribution >= 4 is 21.6 Å². The van der Waals surface area contributed by atoms with E-state index in [1.54, 1.807) is 18.7 Å². The number of hydrogen-bond donors (Lipinski definition) is 0. The lowest BCUT2D eigenvalue weighted by Gasteiger charge is -2.38. The highest BCUT2D eigenvalue weighted by Gasteiger charge is 2.43. The predicted molar refractivity (Wildman–Crippen MR) is 151 cm³/mol. The van der Waals surface area contributed by atoms with Gasteiger partial charge in [-0.15, -0.1) is 11.8 Å². The third kappa shape index (κ3) is 5.75. The Bertz CT molecular complexity index is 1230. The molecule has 0 saturated heterocycles. The monoisotopic (exact) mass is 516 g/mol. The Morgan fingerprint density at radius 3 is 1.44 bits per heavy atom. The Labute approximate surface area is 219 Å². The number of benzene rings is 4. The summed E-state index contributed by atoms with van der Waals surface area (Å²) in [5.74, 6) is 0.360. The van der Waals surface area contributed by atoms with Gasteiger partial charge in [0.1, 0.15) is 4.75 Å². The largest absolute Gasteiger partial charge is 0.375 e. The molecule has 0 amide bonds. The number of rotatable bonds is 11. The van der Waals surface area contributed by atoms with Crippen LogP contribution in [-0.2, 0) is 25.9 Å². The van der Waals surface area contributed by atoms with Gasteiger partial charge in [-0.05, 0) is 29.2 Å². The van der Waals surface area contributed by atoms with Gasteiger partial charge >= 0.3 is 0 Å². The van der Waals surface area contributed by atoms with E-state index in [4.69, 9.17) is 4.74 Å². The molecule has 0 bridgehead atoms. The van der Waals surface area contributed by atoms with Crippen LogP contribution in [0.15, 0.2) is 121 Å². The quantitative estimate of drug-likeness (QED) is 0.207. The van der Waals surface area contributed by atoms with Gasteiger partial charge in [0.2, 0.25) is 0 Å². The van der Waals surface area contributed by atoms with Crippen molar-refractivity contribution in [3.63, 3.8) is 0 Å². The lowest BCUT2D eigenvalue weighted by Crippen LogP contribution is -2.43. The van der Waals surface area contributed by atoms with Crippen molar-refractivity contribution in [2.45, 2.75) is 23.0 Å². The van der Waals surface area contributed by atoms with Crippen molar-refractivity contribution in [1.29, 1.82) is 0 Å². The molecule has 0 aromatic heterocycles. The van der Waals surface area contributed by atoms with Crippen LogP contribution in [-0.4, -0.2) is 31.8 Å². The van der Waals surface area contributed by atoms with Gasteiger partial charge in [-0.25, -0.2) is 8.42 Å². The van der Waals surface area contributed by atoms with E-state index in [0.29, 0.717) is 12.4 Å². The molecule has 3 nitrogen and oxygen atoms in total. The van der Waals surface area contributed by atoms with Gasteiger partial charge < -0.3 is 4.74 Å². The first-order valence-corrected chi connectivity index (χ1v) is 14.8. The summed E-state index contributed by atoms with van der Waals surface area (Å²) < 4.78 is 30.6. The van der Waals surface area contributed by atoms with Crippen LogP contribution in [0.2, 0.25) is 0 Å². The Balaban J connectivity index is 1.73. The maximum Gasteiger partial charge on any atom is 0.155 e. The van der Waals surface area contributed by atoms with Gasteiger partial charge in [0.15, 0.2) is 9.84 Å². The number of thioether (sulfide) groups is 1. The van der Waals surface area contributed by atoms with E-state index < -0.39 is 19.3 Å². The zero-order chi connectivity index (χ0) is 25.5. The average molecular weight is 517 g/mol. The summed E-state index contributed by atoms with van der Waals surface area (Å²) in [6.07, 6.45) is 1.31. The maximum atomic E-state index is 13.1. The zero-order valence-electron chi connectivity index (χ0n) is 20.7. The fraction of sp³-hybridized carbons (Fsp3) is 0.226. The fourth-order valence-electron chi connectivity index (χ4n) is 4.24. The topological polar surface area (TPSA) is 43.4 Å². The third-order valence-corrected chi connectivity index (χ3v) is 10.7. The van der Waals surface area contributed by atoms with Gasteiger partial charge in [0, 0.05) is 12.0 Å². The van der Waals surface area contributed by atoms with Crippen molar-refractivity contribution in [2.24, 2.45) is 0 Å². The number of ether oxygens (including phenoxy) is 1. The lowest BCUT2D eigenvalue weighted by molar-refractivity contribution is 0.105. The first-order chi connectivity index (χ1) is 17.4. The van der Waals surface area contributed by atoms with E-state index in [0.717, 1.165) is 22.3 Å². The summed E-state index contributed by atoms with van der Waals surface area (Å²) in [4.78, 5) is 0. The van der Waals surface area contributed by atoms with Gasteiger partial charge in [-0.3, -0.25) is 0 Å². The van der Waals surface area contributed by atoms with E-state index in [2.05, 4.69) is 36.4 Å². The molecule has 0 aliphatic heterocycles. The van der Waals surface area contributed by atoms with E-state index in [1.807, 2.05) is 84.9 Å². The molecular formula is C31H32O3S2. The minimum atomic E-state index is -3.43. The SMILES string of the molecule is C[C@@](COCc1ccccc1)(CSC(c1ccccc1)(c1ccccc1)c1ccccc1)S(C)(=O)=O. The summed E-state index contributed by atoms with van der Waals surface area (Å²) in [5, 5.41) is 0. The van der Waals surface area contributed by atoms with Gasteiger partial charge in [0.05, 0.1) is 18.0 Å². The highest BCUT2D eigenvalue weighted by molar-refractivity contribution is 8.02. The van der Waals surface area contributed by atoms with Gasteiger partial charge in [-0.1, -0.05) is 121 Å². The standard InChI is InChI=1S/C31H32O3S2/c1-30(36(2,32)33,24-34-23-26-15-7-3-8-16-26)25-35-31(27-17-9-4-10-18-27,28-19-11-5-12-20-28)29-21-13-6-14-22-29/h3-22H,23-25H2,1-2H3/t30-/m1/s1. The minimum absolute atomic E-state index is 0.113. The maximum absolute atomic E-state index is 13.1. The summed E-state index contributed by atoms with van der Waals surface area (Å²) >= 11 is 1.65. The molecule has 36 heavy (non-hydrogen) atoms. The smallest absolute Gasteiger partial charge is 0.155 e. The van der Waals surface area contributed by atoms with Gasteiger partial charge in [0.25, 0.3) is 0 Å². The Kier molecular flexibility index (Phi) is 8.35. The summed E-state index contributed by atoms with van der Waals surface area (Å²) in [6, 6.07) is 40.8. The Morgan fingerprint density at radius 2 is 1.06 bits per heavy atom. The van der Waals surface area contributed by atoms with E-state index in [-0.39, 0.29) is 6.61 Å².